The minimum Gasteiger partial charge on any atom is -0.357 e. The predicted molar refractivity (Wildman–Crippen MR) is 102 cm³/mol. The number of halogens is 1. The second-order valence-corrected chi connectivity index (χ2v) is 7.11. The van der Waals surface area contributed by atoms with E-state index in [1.54, 1.807) is 6.92 Å². The molecule has 1 fully saturated rings. The highest BCUT2D eigenvalue weighted by atomic mass is 35.5. The van der Waals surface area contributed by atoms with Gasteiger partial charge in [0.1, 0.15) is 11.0 Å². The van der Waals surface area contributed by atoms with Crippen LogP contribution in [0, 0.1) is 0 Å². The molecule has 1 rings (SSSR count). The zero-order valence-electron chi connectivity index (χ0n) is 15.7. The molecule has 0 saturated carbocycles. The Hall–Kier alpha value is -1.27. The van der Waals surface area contributed by atoms with Crippen molar-refractivity contribution in [1.29, 1.82) is 0 Å². The summed E-state index contributed by atoms with van der Waals surface area (Å²) < 4.78 is 0. The van der Waals surface area contributed by atoms with E-state index in [0.717, 1.165) is 39.0 Å². The van der Waals surface area contributed by atoms with Crippen LogP contribution in [0.5, 0.6) is 0 Å². The van der Waals surface area contributed by atoms with Crippen molar-refractivity contribution in [2.45, 2.75) is 45.7 Å². The standard InChI is InChI=1S/C17H32ClN5O/c1-7-23(15(4)20-14(3)18)11-8-13(2)19-17(24)22(6)16-9-10-21(5)12-16/h13,16H,4,7-12H2,1-3,5-6H3,(H,19,24)/b20-14+. The van der Waals surface area contributed by atoms with E-state index >= 15 is 0 Å². The van der Waals surface area contributed by atoms with E-state index in [1.165, 1.54) is 0 Å². The summed E-state index contributed by atoms with van der Waals surface area (Å²) in [5.74, 6) is 0.662. The molecule has 0 spiro atoms. The lowest BCUT2D eigenvalue weighted by atomic mass is 10.2. The molecule has 1 heterocycles. The number of hydrogen-bond acceptors (Lipinski definition) is 4. The van der Waals surface area contributed by atoms with Gasteiger partial charge in [-0.3, -0.25) is 0 Å². The zero-order chi connectivity index (χ0) is 18.3. The first-order valence-electron chi connectivity index (χ1n) is 8.61. The maximum Gasteiger partial charge on any atom is 0.317 e. The number of aliphatic imine (C=N–C) groups is 1. The Morgan fingerprint density at radius 2 is 2.21 bits per heavy atom. The van der Waals surface area contributed by atoms with Gasteiger partial charge in [0.2, 0.25) is 0 Å². The fourth-order valence-electron chi connectivity index (χ4n) is 2.85. The van der Waals surface area contributed by atoms with Gasteiger partial charge in [0.25, 0.3) is 0 Å². The predicted octanol–water partition coefficient (Wildman–Crippen LogP) is 2.56. The highest BCUT2D eigenvalue weighted by Gasteiger charge is 2.26. The molecule has 2 atom stereocenters. The molecule has 2 unspecified atom stereocenters. The molecular formula is C17H32ClN5O. The number of carbonyl (C=O) groups excluding carboxylic acids is 1. The highest BCUT2D eigenvalue weighted by Crippen LogP contribution is 2.13. The molecule has 0 aromatic heterocycles. The third-order valence-electron chi connectivity index (χ3n) is 4.47. The lowest BCUT2D eigenvalue weighted by Crippen LogP contribution is -2.47. The van der Waals surface area contributed by atoms with Crippen molar-refractivity contribution in [3.8, 4) is 0 Å². The third-order valence-corrected chi connectivity index (χ3v) is 4.55. The molecule has 0 aliphatic carbocycles. The van der Waals surface area contributed by atoms with Crippen molar-refractivity contribution in [2.24, 2.45) is 4.99 Å². The quantitative estimate of drug-likeness (QED) is 0.679. The van der Waals surface area contributed by atoms with E-state index in [9.17, 15) is 4.79 Å². The molecule has 1 aliphatic rings. The number of likely N-dealkylation sites (tertiary alicyclic amines) is 1. The molecule has 1 N–H and O–H groups in total. The van der Waals surface area contributed by atoms with Gasteiger partial charge in [0.05, 0.1) is 0 Å². The third kappa shape index (κ3) is 6.69. The number of hydrogen-bond donors (Lipinski definition) is 1. The van der Waals surface area contributed by atoms with Gasteiger partial charge < -0.3 is 20.0 Å². The molecule has 7 heteroatoms. The minimum atomic E-state index is -0.000650. The van der Waals surface area contributed by atoms with Crippen molar-refractivity contribution < 1.29 is 4.79 Å². The van der Waals surface area contributed by atoms with Gasteiger partial charge in [-0.15, -0.1) is 0 Å². The number of amides is 2. The largest absolute Gasteiger partial charge is 0.357 e. The Labute approximate surface area is 151 Å². The lowest BCUT2D eigenvalue weighted by Gasteiger charge is -2.28. The molecule has 0 bridgehead atoms. The molecule has 0 aromatic carbocycles. The Morgan fingerprint density at radius 1 is 1.54 bits per heavy atom. The van der Waals surface area contributed by atoms with Gasteiger partial charge in [0.15, 0.2) is 0 Å². The number of nitrogens with one attached hydrogen (secondary N) is 1. The summed E-state index contributed by atoms with van der Waals surface area (Å²) >= 11 is 5.81. The van der Waals surface area contributed by atoms with E-state index in [4.69, 9.17) is 11.6 Å². The van der Waals surface area contributed by atoms with Gasteiger partial charge in [-0.1, -0.05) is 18.2 Å². The molecule has 0 aromatic rings. The van der Waals surface area contributed by atoms with Crippen LogP contribution in [0.1, 0.15) is 33.6 Å². The van der Waals surface area contributed by atoms with Crippen LogP contribution in [0.2, 0.25) is 0 Å². The first-order valence-corrected chi connectivity index (χ1v) is 8.98. The molecule has 138 valence electrons. The highest BCUT2D eigenvalue weighted by molar-refractivity contribution is 6.64. The summed E-state index contributed by atoms with van der Waals surface area (Å²) in [6.07, 6.45) is 1.86. The van der Waals surface area contributed by atoms with Crippen LogP contribution in [0.4, 0.5) is 4.79 Å². The molecule has 0 radical (unpaired) electrons. The van der Waals surface area contributed by atoms with E-state index in [1.807, 2.05) is 18.9 Å². The molecule has 1 aliphatic heterocycles. The van der Waals surface area contributed by atoms with Crippen LogP contribution >= 0.6 is 11.6 Å². The second-order valence-electron chi connectivity index (χ2n) is 6.56. The van der Waals surface area contributed by atoms with Gasteiger partial charge in [-0.2, -0.15) is 0 Å². The number of likely N-dealkylation sites (N-methyl/N-ethyl adjacent to an activating group) is 2. The summed E-state index contributed by atoms with van der Waals surface area (Å²) in [6.45, 7) is 13.3. The van der Waals surface area contributed by atoms with Gasteiger partial charge >= 0.3 is 6.03 Å². The Morgan fingerprint density at radius 3 is 2.71 bits per heavy atom. The second kappa shape index (κ2) is 9.89. The lowest BCUT2D eigenvalue weighted by molar-refractivity contribution is 0.186. The topological polar surface area (TPSA) is 51.2 Å². The van der Waals surface area contributed by atoms with E-state index in [-0.39, 0.29) is 12.1 Å². The van der Waals surface area contributed by atoms with Crippen LogP contribution in [-0.4, -0.2) is 78.3 Å². The van der Waals surface area contributed by atoms with Crippen LogP contribution < -0.4 is 5.32 Å². The Balaban J connectivity index is 2.41. The van der Waals surface area contributed by atoms with Crippen molar-refractivity contribution in [1.82, 2.24) is 20.0 Å². The number of urea groups is 1. The summed E-state index contributed by atoms with van der Waals surface area (Å²) in [5, 5.41) is 3.56. The van der Waals surface area contributed by atoms with Crippen LogP contribution in [0.3, 0.4) is 0 Å². The van der Waals surface area contributed by atoms with Crippen LogP contribution in [0.25, 0.3) is 0 Å². The molecular weight excluding hydrogens is 326 g/mol. The zero-order valence-corrected chi connectivity index (χ0v) is 16.4. The summed E-state index contributed by atoms with van der Waals surface area (Å²) in [7, 11) is 3.97. The van der Waals surface area contributed by atoms with Crippen molar-refractivity contribution in [3.63, 3.8) is 0 Å². The first-order chi connectivity index (χ1) is 11.2. The smallest absolute Gasteiger partial charge is 0.317 e. The maximum atomic E-state index is 12.4. The monoisotopic (exact) mass is 357 g/mol. The average Bonchev–Trinajstić information content (AvgIpc) is 2.92. The van der Waals surface area contributed by atoms with E-state index in [0.29, 0.717) is 17.0 Å². The minimum absolute atomic E-state index is 0.000650. The van der Waals surface area contributed by atoms with E-state index in [2.05, 4.69) is 40.7 Å². The van der Waals surface area contributed by atoms with Gasteiger partial charge in [-0.05, 0) is 47.2 Å². The van der Waals surface area contributed by atoms with Crippen molar-refractivity contribution >= 4 is 22.8 Å². The Bertz CT molecular complexity index is 464. The first kappa shape index (κ1) is 20.8. The van der Waals surface area contributed by atoms with Crippen molar-refractivity contribution in [2.75, 3.05) is 40.3 Å². The number of nitrogens with zero attached hydrogens (tertiary/aromatic N) is 4. The molecule has 2 amide bonds. The van der Waals surface area contributed by atoms with Gasteiger partial charge in [-0.25, -0.2) is 9.79 Å². The summed E-state index contributed by atoms with van der Waals surface area (Å²) in [4.78, 5) is 22.7. The molecule has 6 nitrogen and oxygen atoms in total. The summed E-state index contributed by atoms with van der Waals surface area (Å²) in [6, 6.07) is 0.386. The fraction of sp³-hybridized carbons (Fsp3) is 0.765. The molecule has 24 heavy (non-hydrogen) atoms. The van der Waals surface area contributed by atoms with Crippen LogP contribution in [0.15, 0.2) is 17.4 Å². The summed E-state index contributed by atoms with van der Waals surface area (Å²) in [5.41, 5.74) is 0. The molecule has 1 saturated heterocycles. The van der Waals surface area contributed by atoms with Gasteiger partial charge in [0, 0.05) is 38.8 Å². The van der Waals surface area contributed by atoms with E-state index < -0.39 is 0 Å². The Kier molecular flexibility index (Phi) is 8.56. The average molecular weight is 358 g/mol. The number of carbonyl (C=O) groups is 1. The normalized spacial score (nSPS) is 19.9. The fourth-order valence-corrected chi connectivity index (χ4v) is 2.94. The van der Waals surface area contributed by atoms with Crippen molar-refractivity contribution in [3.05, 3.63) is 12.4 Å². The number of rotatable bonds is 8. The SMILES string of the molecule is C=C(/N=C(\C)Cl)N(CC)CCC(C)NC(=O)N(C)C1CCN(C)C1. The van der Waals surface area contributed by atoms with Crippen LogP contribution in [-0.2, 0) is 0 Å². The maximum absolute atomic E-state index is 12.4.